The lowest BCUT2D eigenvalue weighted by Crippen LogP contribution is -2.65. The van der Waals surface area contributed by atoms with E-state index in [0.29, 0.717) is 31.0 Å². The third-order valence-corrected chi connectivity index (χ3v) is 5.83. The highest BCUT2D eigenvalue weighted by molar-refractivity contribution is 5.94. The number of amides is 2. The van der Waals surface area contributed by atoms with E-state index in [0.717, 1.165) is 37.3 Å². The topological polar surface area (TPSA) is 98.0 Å². The summed E-state index contributed by atoms with van der Waals surface area (Å²) in [5.41, 5.74) is 0.751. The number of imidazole rings is 2. The average Bonchev–Trinajstić information content (AvgIpc) is 3.29. The Morgan fingerprint density at radius 2 is 1.52 bits per heavy atom. The fourth-order valence-corrected chi connectivity index (χ4v) is 4.48. The van der Waals surface area contributed by atoms with Gasteiger partial charge in [-0.2, -0.15) is 0 Å². The van der Waals surface area contributed by atoms with Gasteiger partial charge < -0.3 is 19.8 Å². The van der Waals surface area contributed by atoms with Crippen LogP contribution in [0.3, 0.4) is 0 Å². The maximum Gasteiger partial charge on any atom is 0.272 e. The van der Waals surface area contributed by atoms with Crippen molar-refractivity contribution in [3.05, 3.63) is 35.4 Å². The summed E-state index contributed by atoms with van der Waals surface area (Å²) in [6, 6.07) is 0. The Bertz CT molecular complexity index is 848. The Balaban J connectivity index is 1.59. The minimum atomic E-state index is -0.294. The second-order valence-corrected chi connectivity index (χ2v) is 7.73. The highest BCUT2D eigenvalue weighted by Crippen LogP contribution is 2.37. The van der Waals surface area contributed by atoms with Gasteiger partial charge in [0, 0.05) is 19.6 Å². The van der Waals surface area contributed by atoms with Crippen molar-refractivity contribution < 1.29 is 9.59 Å². The molecule has 0 radical (unpaired) electrons. The second-order valence-electron chi connectivity index (χ2n) is 7.73. The van der Waals surface area contributed by atoms with E-state index in [4.69, 9.17) is 0 Å². The number of hydrogen-bond acceptors (Lipinski definition) is 4. The SMILES string of the molecule is Cc1ncc(C(=O)N2CCN(C(=O)c3cnc(C)[nH]3)C3(CCCCC3)C2)[nH]1. The molecular weight excluding hydrogens is 344 g/mol. The van der Waals surface area contributed by atoms with E-state index in [1.165, 1.54) is 6.42 Å². The quantitative estimate of drug-likeness (QED) is 0.845. The minimum Gasteiger partial charge on any atom is -0.338 e. The lowest BCUT2D eigenvalue weighted by molar-refractivity contribution is -0.0114. The number of piperazine rings is 1. The summed E-state index contributed by atoms with van der Waals surface area (Å²) in [5, 5.41) is 0. The van der Waals surface area contributed by atoms with E-state index in [1.54, 1.807) is 12.4 Å². The maximum absolute atomic E-state index is 13.2. The molecule has 1 aliphatic carbocycles. The summed E-state index contributed by atoms with van der Waals surface area (Å²) in [6.45, 7) is 5.31. The standard InChI is InChI=1S/C19H26N6O2/c1-13-20-10-15(22-13)17(26)24-8-9-25(18(27)16-11-21-14(2)23-16)19(12-24)6-4-3-5-7-19/h10-11H,3-9,12H2,1-2H3,(H,20,22)(H,21,23). The van der Waals surface area contributed by atoms with Gasteiger partial charge in [-0.3, -0.25) is 9.59 Å². The molecule has 2 fully saturated rings. The molecule has 27 heavy (non-hydrogen) atoms. The number of H-pyrrole nitrogens is 2. The number of carbonyl (C=O) groups excluding carboxylic acids is 2. The second kappa shape index (κ2) is 6.83. The van der Waals surface area contributed by atoms with E-state index < -0.39 is 0 Å². The van der Waals surface area contributed by atoms with Crippen LogP contribution in [0.5, 0.6) is 0 Å². The molecule has 8 heteroatoms. The van der Waals surface area contributed by atoms with Gasteiger partial charge in [0.25, 0.3) is 11.8 Å². The summed E-state index contributed by atoms with van der Waals surface area (Å²) in [4.78, 5) is 44.4. The van der Waals surface area contributed by atoms with Crippen molar-refractivity contribution >= 4 is 11.8 Å². The van der Waals surface area contributed by atoms with Gasteiger partial charge in [0.15, 0.2) is 0 Å². The largest absolute Gasteiger partial charge is 0.338 e. The van der Waals surface area contributed by atoms with Crippen LogP contribution in [-0.2, 0) is 0 Å². The Kier molecular flexibility index (Phi) is 4.49. The number of aryl methyl sites for hydroxylation is 2. The predicted octanol–water partition coefficient (Wildman–Crippen LogP) is 2.05. The van der Waals surface area contributed by atoms with Crippen molar-refractivity contribution in [1.29, 1.82) is 0 Å². The van der Waals surface area contributed by atoms with Crippen LogP contribution in [0.2, 0.25) is 0 Å². The van der Waals surface area contributed by atoms with Gasteiger partial charge in [-0.25, -0.2) is 9.97 Å². The molecule has 2 N–H and O–H groups in total. The van der Waals surface area contributed by atoms with Crippen LogP contribution in [-0.4, -0.2) is 66.7 Å². The summed E-state index contributed by atoms with van der Waals surface area (Å²) >= 11 is 0. The third-order valence-electron chi connectivity index (χ3n) is 5.83. The van der Waals surface area contributed by atoms with Gasteiger partial charge in [0.1, 0.15) is 23.0 Å². The number of aromatic nitrogens is 4. The van der Waals surface area contributed by atoms with Gasteiger partial charge in [0.05, 0.1) is 17.9 Å². The molecule has 144 valence electrons. The first-order valence-corrected chi connectivity index (χ1v) is 9.63. The average molecular weight is 370 g/mol. The van der Waals surface area contributed by atoms with Crippen molar-refractivity contribution in [2.45, 2.75) is 51.5 Å². The van der Waals surface area contributed by atoms with Crippen molar-refractivity contribution in [2.75, 3.05) is 19.6 Å². The van der Waals surface area contributed by atoms with Gasteiger partial charge >= 0.3 is 0 Å². The smallest absolute Gasteiger partial charge is 0.272 e. The predicted molar refractivity (Wildman–Crippen MR) is 99.4 cm³/mol. The van der Waals surface area contributed by atoms with E-state index >= 15 is 0 Å². The Morgan fingerprint density at radius 1 is 0.926 bits per heavy atom. The van der Waals surface area contributed by atoms with Crippen LogP contribution in [0.25, 0.3) is 0 Å². The fourth-order valence-electron chi connectivity index (χ4n) is 4.48. The molecule has 3 heterocycles. The van der Waals surface area contributed by atoms with Gasteiger partial charge in [-0.15, -0.1) is 0 Å². The molecule has 1 saturated carbocycles. The van der Waals surface area contributed by atoms with Gasteiger partial charge in [0.2, 0.25) is 0 Å². The summed E-state index contributed by atoms with van der Waals surface area (Å²) < 4.78 is 0. The molecule has 1 saturated heterocycles. The molecule has 0 unspecified atom stereocenters. The third kappa shape index (κ3) is 3.24. The van der Waals surface area contributed by atoms with E-state index in [-0.39, 0.29) is 17.4 Å². The summed E-state index contributed by atoms with van der Waals surface area (Å²) in [6.07, 6.45) is 8.40. The normalized spacial score (nSPS) is 19.5. The van der Waals surface area contributed by atoms with Crippen LogP contribution in [0, 0.1) is 13.8 Å². The molecule has 2 aromatic rings. The van der Waals surface area contributed by atoms with Crippen LogP contribution in [0.15, 0.2) is 12.4 Å². The summed E-state index contributed by atoms with van der Waals surface area (Å²) in [7, 11) is 0. The molecule has 0 bridgehead atoms. The lowest BCUT2D eigenvalue weighted by atomic mass is 9.78. The van der Waals surface area contributed by atoms with Crippen molar-refractivity contribution in [2.24, 2.45) is 0 Å². The first-order chi connectivity index (χ1) is 13.0. The van der Waals surface area contributed by atoms with Crippen LogP contribution < -0.4 is 0 Å². The van der Waals surface area contributed by atoms with E-state index in [9.17, 15) is 9.59 Å². The molecular formula is C19H26N6O2. The number of hydrogen-bond donors (Lipinski definition) is 2. The number of aromatic amines is 2. The van der Waals surface area contributed by atoms with Crippen molar-refractivity contribution in [1.82, 2.24) is 29.7 Å². The Hall–Kier alpha value is -2.64. The molecule has 0 aromatic carbocycles. The monoisotopic (exact) mass is 370 g/mol. The van der Waals surface area contributed by atoms with E-state index in [1.807, 2.05) is 23.6 Å². The molecule has 0 atom stereocenters. The van der Waals surface area contributed by atoms with Crippen LogP contribution in [0.4, 0.5) is 0 Å². The highest BCUT2D eigenvalue weighted by Gasteiger charge is 2.46. The fraction of sp³-hybridized carbons (Fsp3) is 0.579. The molecule has 1 aliphatic heterocycles. The number of nitrogens with one attached hydrogen (secondary N) is 2. The molecule has 8 nitrogen and oxygen atoms in total. The Labute approximate surface area is 158 Å². The van der Waals surface area contributed by atoms with Gasteiger partial charge in [-0.1, -0.05) is 19.3 Å². The zero-order valence-corrected chi connectivity index (χ0v) is 15.9. The Morgan fingerprint density at radius 3 is 2.07 bits per heavy atom. The van der Waals surface area contributed by atoms with Crippen LogP contribution >= 0.6 is 0 Å². The number of rotatable bonds is 2. The number of nitrogens with zero attached hydrogens (tertiary/aromatic N) is 4. The maximum atomic E-state index is 13.2. The zero-order valence-electron chi connectivity index (χ0n) is 15.9. The first-order valence-electron chi connectivity index (χ1n) is 9.63. The highest BCUT2D eigenvalue weighted by atomic mass is 16.2. The molecule has 2 aliphatic rings. The van der Waals surface area contributed by atoms with Crippen molar-refractivity contribution in [3.8, 4) is 0 Å². The van der Waals surface area contributed by atoms with Gasteiger partial charge in [-0.05, 0) is 26.7 Å². The molecule has 1 spiro atoms. The lowest BCUT2D eigenvalue weighted by Gasteiger charge is -2.52. The van der Waals surface area contributed by atoms with E-state index in [2.05, 4.69) is 19.9 Å². The zero-order chi connectivity index (χ0) is 19.0. The van der Waals surface area contributed by atoms with Crippen LogP contribution in [0.1, 0.15) is 64.7 Å². The first kappa shape index (κ1) is 17.8. The minimum absolute atomic E-state index is 0.0121. The molecule has 4 rings (SSSR count). The van der Waals surface area contributed by atoms with Crippen molar-refractivity contribution in [3.63, 3.8) is 0 Å². The molecule has 2 aromatic heterocycles. The molecule has 2 amide bonds. The number of carbonyl (C=O) groups is 2. The summed E-state index contributed by atoms with van der Waals surface area (Å²) in [5.74, 6) is 1.42.